The molecule has 7 heteroatoms. The van der Waals surface area contributed by atoms with Crippen LogP contribution >= 0.6 is 0 Å². The van der Waals surface area contributed by atoms with E-state index in [4.69, 9.17) is 10.3 Å². The Morgan fingerprint density at radius 1 is 1.00 bits per heavy atom. The smallest absolute Gasteiger partial charge is 0.284 e. The van der Waals surface area contributed by atoms with Crippen molar-refractivity contribution in [2.24, 2.45) is 0 Å². The maximum Gasteiger partial charge on any atom is 0.284 e. The number of aromatic nitrogens is 4. The standard InChI is InChI=1S/C10H7N5O2/c11-8-7(13-17-14-8)10-12-9(15-16-10)6-4-2-1-3-5-6/h1-5H,(H2,11,14). The minimum Gasteiger partial charge on any atom is -0.379 e. The molecular formula is C10H7N5O2. The number of rotatable bonds is 2. The van der Waals surface area contributed by atoms with E-state index in [0.29, 0.717) is 5.82 Å². The molecule has 0 atom stereocenters. The van der Waals surface area contributed by atoms with Gasteiger partial charge in [-0.25, -0.2) is 4.63 Å². The Labute approximate surface area is 95.2 Å². The Bertz CT molecular complexity index is 631. The summed E-state index contributed by atoms with van der Waals surface area (Å²) in [6.07, 6.45) is 0. The van der Waals surface area contributed by atoms with Crippen LogP contribution in [0.4, 0.5) is 5.82 Å². The van der Waals surface area contributed by atoms with Crippen LogP contribution in [0.2, 0.25) is 0 Å². The first-order valence-corrected chi connectivity index (χ1v) is 4.82. The zero-order valence-corrected chi connectivity index (χ0v) is 8.57. The summed E-state index contributed by atoms with van der Waals surface area (Å²) < 4.78 is 9.50. The van der Waals surface area contributed by atoms with Crippen molar-refractivity contribution in [3.05, 3.63) is 30.3 Å². The summed E-state index contributed by atoms with van der Waals surface area (Å²) in [6, 6.07) is 9.43. The van der Waals surface area contributed by atoms with E-state index < -0.39 is 0 Å². The Hall–Kier alpha value is -2.70. The van der Waals surface area contributed by atoms with Crippen LogP contribution in [-0.4, -0.2) is 20.5 Å². The molecule has 0 aliphatic carbocycles. The summed E-state index contributed by atoms with van der Waals surface area (Å²) in [4.78, 5) is 4.16. The zero-order valence-electron chi connectivity index (χ0n) is 8.57. The predicted molar refractivity (Wildman–Crippen MR) is 57.4 cm³/mol. The molecule has 0 aliphatic rings. The van der Waals surface area contributed by atoms with Gasteiger partial charge in [0.25, 0.3) is 5.89 Å². The summed E-state index contributed by atoms with van der Waals surface area (Å²) >= 11 is 0. The molecule has 3 rings (SSSR count). The van der Waals surface area contributed by atoms with E-state index in [2.05, 4.69) is 25.1 Å². The molecule has 0 spiro atoms. The van der Waals surface area contributed by atoms with Crippen LogP contribution in [0.3, 0.4) is 0 Å². The highest BCUT2D eigenvalue weighted by molar-refractivity contribution is 5.63. The molecule has 2 heterocycles. The zero-order chi connectivity index (χ0) is 11.7. The Morgan fingerprint density at radius 3 is 2.53 bits per heavy atom. The molecule has 3 aromatic rings. The summed E-state index contributed by atoms with van der Waals surface area (Å²) in [5, 5.41) is 10.9. The van der Waals surface area contributed by atoms with E-state index in [1.165, 1.54) is 0 Å². The van der Waals surface area contributed by atoms with Gasteiger partial charge in [-0.2, -0.15) is 4.98 Å². The second-order valence-corrected chi connectivity index (χ2v) is 3.29. The minimum absolute atomic E-state index is 0.119. The van der Waals surface area contributed by atoms with Gasteiger partial charge in [0.05, 0.1) is 0 Å². The van der Waals surface area contributed by atoms with Gasteiger partial charge >= 0.3 is 0 Å². The van der Waals surface area contributed by atoms with Crippen LogP contribution in [0.25, 0.3) is 23.0 Å². The van der Waals surface area contributed by atoms with Gasteiger partial charge in [0.2, 0.25) is 17.3 Å². The summed E-state index contributed by atoms with van der Waals surface area (Å²) in [7, 11) is 0. The second-order valence-electron chi connectivity index (χ2n) is 3.29. The SMILES string of the molecule is Nc1nonc1-c1nc(-c2ccccc2)no1. The largest absolute Gasteiger partial charge is 0.379 e. The third-order valence-electron chi connectivity index (χ3n) is 2.17. The Balaban J connectivity index is 2.02. The third kappa shape index (κ3) is 1.63. The monoisotopic (exact) mass is 229 g/mol. The maximum absolute atomic E-state index is 5.53. The lowest BCUT2D eigenvalue weighted by Crippen LogP contribution is -1.88. The average Bonchev–Trinajstić information content (AvgIpc) is 2.98. The van der Waals surface area contributed by atoms with E-state index >= 15 is 0 Å². The molecule has 0 aliphatic heterocycles. The van der Waals surface area contributed by atoms with Gasteiger partial charge in [-0.15, -0.1) is 0 Å². The number of nitrogen functional groups attached to an aromatic ring is 1. The lowest BCUT2D eigenvalue weighted by molar-refractivity contribution is 0.308. The lowest BCUT2D eigenvalue weighted by Gasteiger charge is -1.90. The van der Waals surface area contributed by atoms with E-state index in [1.54, 1.807) is 0 Å². The van der Waals surface area contributed by atoms with Gasteiger partial charge in [0.15, 0.2) is 0 Å². The Morgan fingerprint density at radius 2 is 1.82 bits per heavy atom. The number of hydrogen-bond donors (Lipinski definition) is 1. The molecule has 84 valence electrons. The van der Waals surface area contributed by atoms with Gasteiger partial charge in [0.1, 0.15) is 0 Å². The molecule has 2 N–H and O–H groups in total. The Kier molecular flexibility index (Phi) is 2.08. The second kappa shape index (κ2) is 3.71. The maximum atomic E-state index is 5.53. The highest BCUT2D eigenvalue weighted by Crippen LogP contribution is 2.23. The van der Waals surface area contributed by atoms with Crippen molar-refractivity contribution in [3.63, 3.8) is 0 Å². The van der Waals surface area contributed by atoms with Crippen molar-refractivity contribution >= 4 is 5.82 Å². The van der Waals surface area contributed by atoms with Crippen molar-refractivity contribution < 1.29 is 9.15 Å². The quantitative estimate of drug-likeness (QED) is 0.707. The van der Waals surface area contributed by atoms with Crippen molar-refractivity contribution in [3.8, 4) is 23.0 Å². The van der Waals surface area contributed by atoms with Gasteiger partial charge in [-0.1, -0.05) is 35.5 Å². The molecule has 0 bridgehead atoms. The summed E-state index contributed by atoms with van der Waals surface area (Å²) in [5.41, 5.74) is 6.62. The third-order valence-corrected chi connectivity index (χ3v) is 2.17. The van der Waals surface area contributed by atoms with Crippen LogP contribution < -0.4 is 5.73 Å². The van der Waals surface area contributed by atoms with Crippen LogP contribution in [0.15, 0.2) is 39.5 Å². The van der Waals surface area contributed by atoms with Crippen molar-refractivity contribution in [1.82, 2.24) is 20.5 Å². The number of nitrogens with two attached hydrogens (primary N) is 1. The van der Waals surface area contributed by atoms with Crippen molar-refractivity contribution in [1.29, 1.82) is 0 Å². The molecular weight excluding hydrogens is 222 g/mol. The van der Waals surface area contributed by atoms with Crippen LogP contribution in [0, 0.1) is 0 Å². The van der Waals surface area contributed by atoms with Crippen molar-refractivity contribution in [2.75, 3.05) is 5.73 Å². The highest BCUT2D eigenvalue weighted by Gasteiger charge is 2.17. The van der Waals surface area contributed by atoms with Gasteiger partial charge < -0.3 is 10.3 Å². The fraction of sp³-hybridized carbons (Fsp3) is 0. The molecule has 2 aromatic heterocycles. The molecule has 0 radical (unpaired) electrons. The van der Waals surface area contributed by atoms with E-state index in [0.717, 1.165) is 5.56 Å². The number of hydrogen-bond acceptors (Lipinski definition) is 7. The van der Waals surface area contributed by atoms with Gasteiger partial charge in [-0.3, -0.25) is 0 Å². The molecule has 1 aromatic carbocycles. The lowest BCUT2D eigenvalue weighted by atomic mass is 10.2. The number of nitrogens with zero attached hydrogens (tertiary/aromatic N) is 4. The van der Waals surface area contributed by atoms with E-state index in [-0.39, 0.29) is 17.4 Å². The first kappa shape index (κ1) is 9.52. The van der Waals surface area contributed by atoms with E-state index in [1.807, 2.05) is 30.3 Å². The molecule has 0 unspecified atom stereocenters. The van der Waals surface area contributed by atoms with Crippen LogP contribution in [0.1, 0.15) is 0 Å². The van der Waals surface area contributed by atoms with Gasteiger partial charge in [-0.05, 0) is 10.3 Å². The van der Waals surface area contributed by atoms with Crippen LogP contribution in [-0.2, 0) is 0 Å². The fourth-order valence-electron chi connectivity index (χ4n) is 1.37. The van der Waals surface area contributed by atoms with E-state index in [9.17, 15) is 0 Å². The first-order valence-electron chi connectivity index (χ1n) is 4.82. The van der Waals surface area contributed by atoms with Crippen molar-refractivity contribution in [2.45, 2.75) is 0 Å². The minimum atomic E-state index is 0.119. The molecule has 0 saturated heterocycles. The first-order chi connectivity index (χ1) is 8.34. The average molecular weight is 229 g/mol. The van der Waals surface area contributed by atoms with Crippen LogP contribution in [0.5, 0.6) is 0 Å². The van der Waals surface area contributed by atoms with Gasteiger partial charge in [0, 0.05) is 5.56 Å². The normalized spacial score (nSPS) is 10.6. The summed E-state index contributed by atoms with van der Waals surface area (Å²) in [6.45, 7) is 0. The molecule has 7 nitrogen and oxygen atoms in total. The highest BCUT2D eigenvalue weighted by atomic mass is 16.6. The predicted octanol–water partition coefficient (Wildman–Crippen LogP) is 1.37. The fourth-order valence-corrected chi connectivity index (χ4v) is 1.37. The number of benzene rings is 1. The topological polar surface area (TPSA) is 104 Å². The molecule has 0 amide bonds. The molecule has 17 heavy (non-hydrogen) atoms. The molecule has 0 saturated carbocycles. The summed E-state index contributed by atoms with van der Waals surface area (Å²) in [5.74, 6) is 0.763. The molecule has 0 fully saturated rings. The number of anilines is 1.